The van der Waals surface area contributed by atoms with Crippen LogP contribution in [0.5, 0.6) is 0 Å². The number of anilines is 2. The smallest absolute Gasteiger partial charge is 0.341 e. The van der Waals surface area contributed by atoms with Crippen molar-refractivity contribution in [3.63, 3.8) is 0 Å². The Morgan fingerprint density at radius 3 is 2.67 bits per heavy atom. The summed E-state index contributed by atoms with van der Waals surface area (Å²) in [6.07, 6.45) is 9.31. The van der Waals surface area contributed by atoms with E-state index in [2.05, 4.69) is 35.6 Å². The van der Waals surface area contributed by atoms with Crippen molar-refractivity contribution < 1.29 is 14.3 Å². The van der Waals surface area contributed by atoms with Crippen LogP contribution in [0.2, 0.25) is 0 Å². The number of carbonyl (C=O) groups excluding carboxylic acids is 2. The van der Waals surface area contributed by atoms with E-state index in [0.717, 1.165) is 71.3 Å². The van der Waals surface area contributed by atoms with Gasteiger partial charge in [-0.2, -0.15) is 0 Å². The Morgan fingerprint density at radius 2 is 1.87 bits per heavy atom. The summed E-state index contributed by atoms with van der Waals surface area (Å²) in [6, 6.07) is 12.6. The summed E-state index contributed by atoms with van der Waals surface area (Å²) in [6.45, 7) is 2.08. The number of esters is 1. The van der Waals surface area contributed by atoms with Crippen LogP contribution >= 0.6 is 22.7 Å². The first-order valence-electron chi connectivity index (χ1n) is 13.9. The number of fused-ring (bicyclic) bond motifs is 3. The standard InChI is InChI=1S/C31H33N3O3S2/c1-2-37-31(36)25-21-15-14-19(18-10-7-5-8-11-18)17-24(21)38-30(25)34-28(35)27-26(32)22-16-20-12-6-3-4-9-13-23(20)33-29(22)39-27/h5,7-8,10-11,16,19H,2-4,6,9,12-15,17,32H2,1H3,(H,34,35). The molecule has 0 bridgehead atoms. The number of amides is 1. The molecule has 0 spiro atoms. The number of benzene rings is 1. The van der Waals surface area contributed by atoms with E-state index in [4.69, 9.17) is 15.5 Å². The van der Waals surface area contributed by atoms with Crippen LogP contribution in [0, 0.1) is 0 Å². The normalized spacial score (nSPS) is 17.1. The van der Waals surface area contributed by atoms with Gasteiger partial charge in [0.15, 0.2) is 0 Å². The third kappa shape index (κ3) is 5.08. The van der Waals surface area contributed by atoms with E-state index in [-0.39, 0.29) is 18.5 Å². The number of pyridine rings is 1. The Balaban J connectivity index is 1.32. The number of nitrogens with zero attached hydrogens (tertiary/aromatic N) is 1. The zero-order chi connectivity index (χ0) is 26.9. The van der Waals surface area contributed by atoms with Crippen LogP contribution in [0.1, 0.15) is 92.2 Å². The van der Waals surface area contributed by atoms with Gasteiger partial charge in [0.05, 0.1) is 17.9 Å². The van der Waals surface area contributed by atoms with Gasteiger partial charge >= 0.3 is 5.97 Å². The first kappa shape index (κ1) is 26.0. The summed E-state index contributed by atoms with van der Waals surface area (Å²) < 4.78 is 5.43. The van der Waals surface area contributed by atoms with E-state index in [1.165, 1.54) is 46.6 Å². The third-order valence-corrected chi connectivity index (χ3v) is 10.2. The van der Waals surface area contributed by atoms with Gasteiger partial charge in [-0.05, 0) is 80.5 Å². The molecular weight excluding hydrogens is 526 g/mol. The number of ether oxygens (including phenoxy) is 1. The first-order chi connectivity index (χ1) is 19.0. The number of nitrogens with two attached hydrogens (primary N) is 1. The van der Waals surface area contributed by atoms with Crippen molar-refractivity contribution in [2.24, 2.45) is 0 Å². The zero-order valence-electron chi connectivity index (χ0n) is 22.2. The lowest BCUT2D eigenvalue weighted by Gasteiger charge is -2.23. The molecule has 1 unspecified atom stereocenters. The molecule has 3 aromatic heterocycles. The molecule has 8 heteroatoms. The predicted molar refractivity (Wildman–Crippen MR) is 159 cm³/mol. The highest BCUT2D eigenvalue weighted by molar-refractivity contribution is 7.21. The molecule has 0 aliphatic heterocycles. The summed E-state index contributed by atoms with van der Waals surface area (Å²) in [5.41, 5.74) is 12.2. The fourth-order valence-electron chi connectivity index (χ4n) is 5.94. The quantitative estimate of drug-likeness (QED) is 0.250. The molecule has 202 valence electrons. The monoisotopic (exact) mass is 559 g/mol. The molecule has 2 aliphatic rings. The van der Waals surface area contributed by atoms with Crippen molar-refractivity contribution in [2.45, 2.75) is 70.6 Å². The number of aromatic nitrogens is 1. The predicted octanol–water partition coefficient (Wildman–Crippen LogP) is 7.30. The number of nitrogen functional groups attached to an aromatic ring is 1. The molecule has 1 amide bonds. The molecule has 3 N–H and O–H groups in total. The molecule has 2 aliphatic carbocycles. The molecule has 1 atom stereocenters. The highest BCUT2D eigenvalue weighted by Gasteiger charge is 2.31. The number of nitrogens with one attached hydrogen (secondary N) is 1. The molecular formula is C31H33N3O3S2. The lowest BCUT2D eigenvalue weighted by Crippen LogP contribution is -2.17. The van der Waals surface area contributed by atoms with Crippen molar-refractivity contribution in [2.75, 3.05) is 17.7 Å². The number of aryl methyl sites for hydroxylation is 2. The van der Waals surface area contributed by atoms with E-state index in [0.29, 0.717) is 27.0 Å². The first-order valence-corrected chi connectivity index (χ1v) is 15.6. The summed E-state index contributed by atoms with van der Waals surface area (Å²) in [5, 5.41) is 4.45. The molecule has 4 aromatic rings. The van der Waals surface area contributed by atoms with Crippen molar-refractivity contribution in [3.05, 3.63) is 74.1 Å². The van der Waals surface area contributed by atoms with Crippen molar-refractivity contribution in [1.29, 1.82) is 0 Å². The van der Waals surface area contributed by atoms with E-state index in [9.17, 15) is 9.59 Å². The molecule has 1 aromatic carbocycles. The van der Waals surface area contributed by atoms with Gasteiger partial charge in [0.1, 0.15) is 14.7 Å². The van der Waals surface area contributed by atoms with Crippen LogP contribution in [0.3, 0.4) is 0 Å². The lowest BCUT2D eigenvalue weighted by atomic mass is 9.83. The van der Waals surface area contributed by atoms with E-state index in [1.54, 1.807) is 6.92 Å². The second-order valence-corrected chi connectivity index (χ2v) is 12.5. The molecule has 0 radical (unpaired) electrons. The summed E-state index contributed by atoms with van der Waals surface area (Å²) in [4.78, 5) is 34.0. The van der Waals surface area contributed by atoms with Crippen LogP contribution < -0.4 is 11.1 Å². The second kappa shape index (κ2) is 11.1. The van der Waals surface area contributed by atoms with Gasteiger partial charge in [0, 0.05) is 16.0 Å². The molecule has 39 heavy (non-hydrogen) atoms. The summed E-state index contributed by atoms with van der Waals surface area (Å²) in [7, 11) is 0. The Kier molecular flexibility index (Phi) is 7.40. The van der Waals surface area contributed by atoms with Gasteiger partial charge in [-0.25, -0.2) is 9.78 Å². The summed E-state index contributed by atoms with van der Waals surface area (Å²) >= 11 is 2.82. The molecule has 6 nitrogen and oxygen atoms in total. The molecule has 0 saturated carbocycles. The maximum Gasteiger partial charge on any atom is 0.341 e. The van der Waals surface area contributed by atoms with Gasteiger partial charge < -0.3 is 15.8 Å². The molecule has 3 heterocycles. The minimum absolute atomic E-state index is 0.281. The lowest BCUT2D eigenvalue weighted by molar-refractivity contribution is 0.0526. The van der Waals surface area contributed by atoms with Crippen LogP contribution in [-0.2, 0) is 30.4 Å². The Morgan fingerprint density at radius 1 is 1.08 bits per heavy atom. The van der Waals surface area contributed by atoms with Gasteiger partial charge in [-0.1, -0.05) is 43.2 Å². The number of carbonyl (C=O) groups is 2. The second-order valence-electron chi connectivity index (χ2n) is 10.4. The van der Waals surface area contributed by atoms with Crippen LogP contribution in [0.4, 0.5) is 10.7 Å². The highest BCUT2D eigenvalue weighted by atomic mass is 32.1. The van der Waals surface area contributed by atoms with Gasteiger partial charge in [0.25, 0.3) is 5.91 Å². The minimum atomic E-state index is -0.380. The number of hydrogen-bond donors (Lipinski definition) is 2. The van der Waals surface area contributed by atoms with Crippen molar-refractivity contribution in [3.8, 4) is 0 Å². The van der Waals surface area contributed by atoms with Gasteiger partial charge in [-0.15, -0.1) is 22.7 Å². The Hall–Kier alpha value is -3.23. The van der Waals surface area contributed by atoms with Crippen LogP contribution in [-0.4, -0.2) is 23.5 Å². The molecule has 0 fully saturated rings. The summed E-state index contributed by atoms with van der Waals surface area (Å²) in [5.74, 6) is -0.291. The average Bonchev–Trinajstić information content (AvgIpc) is 3.45. The Bertz CT molecular complexity index is 1540. The third-order valence-electron chi connectivity index (χ3n) is 7.95. The Labute approximate surface area is 236 Å². The average molecular weight is 560 g/mol. The van der Waals surface area contributed by atoms with Gasteiger partial charge in [-0.3, -0.25) is 4.79 Å². The maximum atomic E-state index is 13.6. The number of thiophene rings is 2. The van der Waals surface area contributed by atoms with Crippen molar-refractivity contribution >= 4 is 55.5 Å². The fraction of sp³-hybridized carbons (Fsp3) is 0.387. The zero-order valence-corrected chi connectivity index (χ0v) is 23.8. The SMILES string of the molecule is CCOC(=O)c1c(NC(=O)c2sc3nc4c(cc3c2N)CCCCCC4)sc2c1CCC(c1ccccc1)C2. The fourth-order valence-corrected chi connectivity index (χ4v) is 8.25. The molecule has 6 rings (SSSR count). The largest absolute Gasteiger partial charge is 0.462 e. The maximum absolute atomic E-state index is 13.6. The van der Waals surface area contributed by atoms with E-state index >= 15 is 0 Å². The highest BCUT2D eigenvalue weighted by Crippen LogP contribution is 2.43. The van der Waals surface area contributed by atoms with E-state index < -0.39 is 0 Å². The van der Waals surface area contributed by atoms with Gasteiger partial charge in [0.2, 0.25) is 0 Å². The number of hydrogen-bond acceptors (Lipinski definition) is 7. The minimum Gasteiger partial charge on any atom is -0.462 e. The topological polar surface area (TPSA) is 94.3 Å². The van der Waals surface area contributed by atoms with Crippen LogP contribution in [0.15, 0.2) is 36.4 Å². The van der Waals surface area contributed by atoms with Crippen LogP contribution in [0.25, 0.3) is 10.2 Å². The van der Waals surface area contributed by atoms with E-state index in [1.807, 2.05) is 6.07 Å². The molecule has 0 saturated heterocycles. The van der Waals surface area contributed by atoms with Crippen molar-refractivity contribution in [1.82, 2.24) is 4.98 Å². The number of rotatable bonds is 5.